The van der Waals surface area contributed by atoms with Crippen molar-refractivity contribution in [3.63, 3.8) is 0 Å². The van der Waals surface area contributed by atoms with Crippen LogP contribution in [0.4, 0.5) is 0 Å². The summed E-state index contributed by atoms with van der Waals surface area (Å²) in [5.74, 6) is 0. The third-order valence-electron chi connectivity index (χ3n) is 3.25. The lowest BCUT2D eigenvalue weighted by atomic mass is 10.1. The summed E-state index contributed by atoms with van der Waals surface area (Å²) in [7, 11) is 4.30. The van der Waals surface area contributed by atoms with Gasteiger partial charge in [0.15, 0.2) is 0 Å². The lowest BCUT2D eigenvalue weighted by molar-refractivity contribution is 0.127. The Morgan fingerprint density at radius 1 is 1.40 bits per heavy atom. The first kappa shape index (κ1) is 12.9. The molecule has 1 aliphatic rings. The third-order valence-corrected chi connectivity index (χ3v) is 3.25. The predicted molar refractivity (Wildman–Crippen MR) is 66.3 cm³/mol. The van der Waals surface area contributed by atoms with Gasteiger partial charge >= 0.3 is 0 Å². The van der Waals surface area contributed by atoms with E-state index in [1.54, 1.807) is 0 Å². The molecule has 1 saturated heterocycles. The highest BCUT2D eigenvalue weighted by Gasteiger charge is 2.23. The molecular weight excluding hydrogens is 186 g/mol. The summed E-state index contributed by atoms with van der Waals surface area (Å²) in [5, 5.41) is 3.56. The molecular formula is C12H27N3. The lowest BCUT2D eigenvalue weighted by Crippen LogP contribution is -2.55. The molecule has 0 saturated carbocycles. The molecule has 1 heterocycles. The number of hydrogen-bond donors (Lipinski definition) is 1. The minimum Gasteiger partial charge on any atom is -0.311 e. The van der Waals surface area contributed by atoms with Crippen LogP contribution in [0.2, 0.25) is 0 Å². The van der Waals surface area contributed by atoms with Gasteiger partial charge in [0.1, 0.15) is 0 Å². The van der Waals surface area contributed by atoms with Crippen LogP contribution in [-0.2, 0) is 0 Å². The van der Waals surface area contributed by atoms with Crippen molar-refractivity contribution in [3.8, 4) is 0 Å². The van der Waals surface area contributed by atoms with Crippen LogP contribution in [0.5, 0.6) is 0 Å². The average molecular weight is 213 g/mol. The summed E-state index contributed by atoms with van der Waals surface area (Å²) in [5.41, 5.74) is 0. The standard InChI is InChI=1S/C12H27N3/c1-5-12-9-13-11(2)10-15(12)8-6-7-14(3)4/h11-13H,5-10H2,1-4H3. The van der Waals surface area contributed by atoms with Crippen molar-refractivity contribution in [2.45, 2.75) is 38.8 Å². The van der Waals surface area contributed by atoms with Crippen molar-refractivity contribution in [2.75, 3.05) is 40.3 Å². The smallest absolute Gasteiger partial charge is 0.0218 e. The molecule has 90 valence electrons. The monoisotopic (exact) mass is 213 g/mol. The lowest BCUT2D eigenvalue weighted by Gasteiger charge is -2.39. The molecule has 0 amide bonds. The van der Waals surface area contributed by atoms with Crippen molar-refractivity contribution >= 4 is 0 Å². The molecule has 0 aromatic carbocycles. The van der Waals surface area contributed by atoms with Gasteiger partial charge in [-0.2, -0.15) is 0 Å². The van der Waals surface area contributed by atoms with Crippen molar-refractivity contribution in [1.29, 1.82) is 0 Å². The van der Waals surface area contributed by atoms with Crippen LogP contribution in [0.15, 0.2) is 0 Å². The molecule has 1 N–H and O–H groups in total. The van der Waals surface area contributed by atoms with Crippen LogP contribution < -0.4 is 5.32 Å². The first-order valence-corrected chi connectivity index (χ1v) is 6.25. The number of hydrogen-bond acceptors (Lipinski definition) is 3. The summed E-state index contributed by atoms with van der Waals surface area (Å²) in [6.45, 7) is 9.41. The maximum absolute atomic E-state index is 3.56. The van der Waals surface area contributed by atoms with Crippen LogP contribution >= 0.6 is 0 Å². The van der Waals surface area contributed by atoms with Gasteiger partial charge in [-0.1, -0.05) is 6.92 Å². The number of piperazine rings is 1. The Balaban J connectivity index is 2.28. The second-order valence-electron chi connectivity index (χ2n) is 5.02. The average Bonchev–Trinajstić information content (AvgIpc) is 2.17. The topological polar surface area (TPSA) is 18.5 Å². The fourth-order valence-corrected chi connectivity index (χ4v) is 2.30. The summed E-state index contributed by atoms with van der Waals surface area (Å²) in [6, 6.07) is 1.41. The molecule has 0 radical (unpaired) electrons. The molecule has 0 aromatic rings. The molecule has 15 heavy (non-hydrogen) atoms. The quantitative estimate of drug-likeness (QED) is 0.735. The van der Waals surface area contributed by atoms with E-state index < -0.39 is 0 Å². The van der Waals surface area contributed by atoms with E-state index in [4.69, 9.17) is 0 Å². The van der Waals surface area contributed by atoms with Crippen LogP contribution in [0.25, 0.3) is 0 Å². The molecule has 1 rings (SSSR count). The largest absolute Gasteiger partial charge is 0.311 e. The fourth-order valence-electron chi connectivity index (χ4n) is 2.30. The van der Waals surface area contributed by atoms with Gasteiger partial charge in [0.05, 0.1) is 0 Å². The Bertz CT molecular complexity index is 170. The Morgan fingerprint density at radius 2 is 2.13 bits per heavy atom. The minimum atomic E-state index is 0.659. The van der Waals surface area contributed by atoms with Gasteiger partial charge in [-0.3, -0.25) is 4.90 Å². The number of nitrogens with one attached hydrogen (secondary N) is 1. The minimum absolute atomic E-state index is 0.659. The van der Waals surface area contributed by atoms with Crippen LogP contribution in [0.3, 0.4) is 0 Å². The Labute approximate surface area is 94.8 Å². The Morgan fingerprint density at radius 3 is 2.73 bits per heavy atom. The zero-order valence-corrected chi connectivity index (χ0v) is 10.8. The fraction of sp³-hybridized carbons (Fsp3) is 1.00. The van der Waals surface area contributed by atoms with Crippen molar-refractivity contribution in [1.82, 2.24) is 15.1 Å². The van der Waals surface area contributed by atoms with E-state index in [1.807, 2.05) is 0 Å². The van der Waals surface area contributed by atoms with Gasteiger partial charge in [0.2, 0.25) is 0 Å². The van der Waals surface area contributed by atoms with E-state index in [0.717, 1.165) is 6.04 Å². The maximum atomic E-state index is 3.56. The van der Waals surface area contributed by atoms with E-state index in [2.05, 4.69) is 43.1 Å². The van der Waals surface area contributed by atoms with Crippen molar-refractivity contribution in [2.24, 2.45) is 0 Å². The second-order valence-corrected chi connectivity index (χ2v) is 5.02. The summed E-state index contributed by atoms with van der Waals surface area (Å²) in [4.78, 5) is 4.93. The molecule has 1 fully saturated rings. The highest BCUT2D eigenvalue weighted by Crippen LogP contribution is 2.10. The van der Waals surface area contributed by atoms with Gasteiger partial charge in [-0.05, 0) is 47.0 Å². The predicted octanol–water partition coefficient (Wildman–Crippen LogP) is 1.01. The van der Waals surface area contributed by atoms with Crippen molar-refractivity contribution < 1.29 is 0 Å². The summed E-state index contributed by atoms with van der Waals surface area (Å²) < 4.78 is 0. The van der Waals surface area contributed by atoms with Crippen molar-refractivity contribution in [3.05, 3.63) is 0 Å². The molecule has 2 atom stereocenters. The molecule has 1 aliphatic heterocycles. The molecule has 2 unspecified atom stereocenters. The summed E-state index contributed by atoms with van der Waals surface area (Å²) in [6.07, 6.45) is 2.55. The highest BCUT2D eigenvalue weighted by molar-refractivity contribution is 4.83. The zero-order valence-electron chi connectivity index (χ0n) is 10.8. The van der Waals surface area contributed by atoms with Gasteiger partial charge in [-0.25, -0.2) is 0 Å². The molecule has 0 bridgehead atoms. The molecule has 0 spiro atoms. The van der Waals surface area contributed by atoms with E-state index in [0.29, 0.717) is 6.04 Å². The maximum Gasteiger partial charge on any atom is 0.0218 e. The van der Waals surface area contributed by atoms with Gasteiger partial charge in [0.25, 0.3) is 0 Å². The van der Waals surface area contributed by atoms with Gasteiger partial charge in [-0.15, -0.1) is 0 Å². The van der Waals surface area contributed by atoms with Crippen LogP contribution in [0, 0.1) is 0 Å². The second kappa shape index (κ2) is 6.46. The van der Waals surface area contributed by atoms with Crippen LogP contribution in [-0.4, -0.2) is 62.2 Å². The number of rotatable bonds is 5. The third kappa shape index (κ3) is 4.49. The number of nitrogens with zero attached hydrogens (tertiary/aromatic N) is 2. The molecule has 0 aromatic heterocycles. The molecule has 3 heteroatoms. The zero-order chi connectivity index (χ0) is 11.3. The van der Waals surface area contributed by atoms with E-state index in [-0.39, 0.29) is 0 Å². The van der Waals surface area contributed by atoms with E-state index in [9.17, 15) is 0 Å². The van der Waals surface area contributed by atoms with Gasteiger partial charge in [0, 0.05) is 25.2 Å². The molecule has 0 aliphatic carbocycles. The Kier molecular flexibility index (Phi) is 5.58. The Hall–Kier alpha value is -0.120. The first-order chi connectivity index (χ1) is 7.13. The molecule has 3 nitrogen and oxygen atoms in total. The van der Waals surface area contributed by atoms with E-state index in [1.165, 1.54) is 39.0 Å². The normalized spacial score (nSPS) is 28.6. The highest BCUT2D eigenvalue weighted by atomic mass is 15.2. The SMILES string of the molecule is CCC1CNC(C)CN1CCCN(C)C. The van der Waals surface area contributed by atoms with Crippen LogP contribution in [0.1, 0.15) is 26.7 Å². The summed E-state index contributed by atoms with van der Waals surface area (Å²) >= 11 is 0. The van der Waals surface area contributed by atoms with Gasteiger partial charge < -0.3 is 10.2 Å². The first-order valence-electron chi connectivity index (χ1n) is 6.25. The van der Waals surface area contributed by atoms with E-state index >= 15 is 0 Å².